The molecule has 0 aromatic carbocycles. The van der Waals surface area contributed by atoms with Crippen LogP contribution < -0.4 is 10.0 Å². The molecule has 1 saturated carbocycles. The van der Waals surface area contributed by atoms with Gasteiger partial charge in [-0.3, -0.25) is 0 Å². The first kappa shape index (κ1) is 13.2. The van der Waals surface area contributed by atoms with E-state index in [0.717, 1.165) is 31.9 Å². The Morgan fingerprint density at radius 2 is 1.88 bits per heavy atom. The monoisotopic (exact) mass is 250 g/mol. The lowest BCUT2D eigenvalue weighted by molar-refractivity contribution is 0.189. The van der Waals surface area contributed by atoms with Crippen molar-refractivity contribution in [3.05, 3.63) is 0 Å². The molecule has 0 saturated heterocycles. The van der Waals surface area contributed by atoms with Gasteiger partial charge >= 0.3 is 6.09 Å². The van der Waals surface area contributed by atoms with Crippen LogP contribution in [-0.4, -0.2) is 38.5 Å². The predicted octanol–water partition coefficient (Wildman–Crippen LogP) is 0.362. The number of sulfonamides is 1. The van der Waals surface area contributed by atoms with Crippen molar-refractivity contribution in [3.8, 4) is 0 Å². The molecule has 1 aliphatic rings. The van der Waals surface area contributed by atoms with Crippen molar-refractivity contribution in [1.82, 2.24) is 10.0 Å². The lowest BCUT2D eigenvalue weighted by atomic mass is 9.86. The predicted molar refractivity (Wildman–Crippen MR) is 59.8 cm³/mol. The zero-order valence-electron chi connectivity index (χ0n) is 9.27. The summed E-state index contributed by atoms with van der Waals surface area (Å²) in [5, 5.41) is 10.8. The maximum absolute atomic E-state index is 11.0. The van der Waals surface area contributed by atoms with Crippen LogP contribution in [0, 0.1) is 5.92 Å². The van der Waals surface area contributed by atoms with Crippen LogP contribution in [-0.2, 0) is 10.0 Å². The molecule has 16 heavy (non-hydrogen) atoms. The molecule has 1 fully saturated rings. The van der Waals surface area contributed by atoms with Gasteiger partial charge in [-0.1, -0.05) is 0 Å². The first-order valence-electron chi connectivity index (χ1n) is 5.31. The summed E-state index contributed by atoms with van der Waals surface area (Å²) in [4.78, 5) is 10.3. The second kappa shape index (κ2) is 5.49. The normalized spacial score (nSPS) is 26.3. The first-order valence-corrected chi connectivity index (χ1v) is 7.20. The van der Waals surface area contributed by atoms with Gasteiger partial charge in [-0.2, -0.15) is 0 Å². The van der Waals surface area contributed by atoms with E-state index < -0.39 is 16.1 Å². The summed E-state index contributed by atoms with van der Waals surface area (Å²) in [6.45, 7) is 0.459. The molecule has 6 nitrogen and oxygen atoms in total. The van der Waals surface area contributed by atoms with E-state index in [2.05, 4.69) is 10.0 Å². The van der Waals surface area contributed by atoms with Crippen LogP contribution in [0.2, 0.25) is 0 Å². The van der Waals surface area contributed by atoms with E-state index in [-0.39, 0.29) is 6.04 Å². The smallest absolute Gasteiger partial charge is 0.404 e. The van der Waals surface area contributed by atoms with Crippen molar-refractivity contribution < 1.29 is 18.3 Å². The fourth-order valence-electron chi connectivity index (χ4n) is 2.02. The number of hydrogen-bond donors (Lipinski definition) is 3. The van der Waals surface area contributed by atoms with Gasteiger partial charge < -0.3 is 10.4 Å². The van der Waals surface area contributed by atoms with Crippen LogP contribution in [0.1, 0.15) is 25.7 Å². The van der Waals surface area contributed by atoms with E-state index in [1.165, 1.54) is 0 Å². The average Bonchev–Trinajstić information content (AvgIpc) is 2.14. The minimum absolute atomic E-state index is 0.0103. The highest BCUT2D eigenvalue weighted by atomic mass is 32.2. The SMILES string of the molecule is CS(=O)(=O)N[C@H]1CC[C@H](CNC(=O)O)CC1. The van der Waals surface area contributed by atoms with Gasteiger partial charge in [-0.05, 0) is 31.6 Å². The van der Waals surface area contributed by atoms with Crippen molar-refractivity contribution in [1.29, 1.82) is 0 Å². The van der Waals surface area contributed by atoms with E-state index in [1.54, 1.807) is 0 Å². The summed E-state index contributed by atoms with van der Waals surface area (Å²) in [7, 11) is -3.13. The maximum atomic E-state index is 11.0. The number of rotatable bonds is 4. The molecule has 0 radical (unpaired) electrons. The van der Waals surface area contributed by atoms with Crippen LogP contribution in [0.15, 0.2) is 0 Å². The van der Waals surface area contributed by atoms with Crippen molar-refractivity contribution in [2.24, 2.45) is 5.92 Å². The second-order valence-corrected chi connectivity index (χ2v) is 6.07. The zero-order chi connectivity index (χ0) is 12.2. The molecular formula is C9H18N2O4S. The Kier molecular flexibility index (Phi) is 4.55. The Balaban J connectivity index is 2.26. The summed E-state index contributed by atoms with van der Waals surface area (Å²) in [6.07, 6.45) is 3.42. The highest BCUT2D eigenvalue weighted by Gasteiger charge is 2.23. The van der Waals surface area contributed by atoms with Gasteiger partial charge in [-0.15, -0.1) is 0 Å². The summed E-state index contributed by atoms with van der Waals surface area (Å²) in [5.74, 6) is 0.328. The Morgan fingerprint density at radius 3 is 2.31 bits per heavy atom. The third-order valence-electron chi connectivity index (χ3n) is 2.77. The van der Waals surface area contributed by atoms with Crippen LogP contribution in [0.25, 0.3) is 0 Å². The molecule has 0 heterocycles. The van der Waals surface area contributed by atoms with Crippen molar-refractivity contribution in [2.45, 2.75) is 31.7 Å². The maximum Gasteiger partial charge on any atom is 0.404 e. The molecule has 0 atom stereocenters. The van der Waals surface area contributed by atoms with E-state index in [9.17, 15) is 13.2 Å². The van der Waals surface area contributed by atoms with Crippen molar-refractivity contribution >= 4 is 16.1 Å². The molecule has 1 amide bonds. The molecule has 0 aromatic rings. The Bertz CT molecular complexity index is 333. The van der Waals surface area contributed by atoms with Gasteiger partial charge in [-0.25, -0.2) is 17.9 Å². The van der Waals surface area contributed by atoms with Gasteiger partial charge in [0.05, 0.1) is 6.26 Å². The molecule has 0 bridgehead atoms. The summed E-state index contributed by atoms with van der Waals surface area (Å²) in [6, 6.07) is 0.0103. The third-order valence-corrected chi connectivity index (χ3v) is 3.53. The van der Waals surface area contributed by atoms with E-state index in [0.29, 0.717) is 12.5 Å². The number of hydrogen-bond acceptors (Lipinski definition) is 3. The minimum Gasteiger partial charge on any atom is -0.465 e. The fourth-order valence-corrected chi connectivity index (χ4v) is 2.86. The summed E-state index contributed by atoms with van der Waals surface area (Å²) < 4.78 is 24.6. The fraction of sp³-hybridized carbons (Fsp3) is 0.889. The van der Waals surface area contributed by atoms with Gasteiger partial charge in [0.15, 0.2) is 0 Å². The summed E-state index contributed by atoms with van der Waals surface area (Å²) >= 11 is 0. The summed E-state index contributed by atoms with van der Waals surface area (Å²) in [5.41, 5.74) is 0. The van der Waals surface area contributed by atoms with Crippen LogP contribution in [0.5, 0.6) is 0 Å². The van der Waals surface area contributed by atoms with Crippen molar-refractivity contribution in [3.63, 3.8) is 0 Å². The minimum atomic E-state index is -3.13. The van der Waals surface area contributed by atoms with E-state index in [4.69, 9.17) is 5.11 Å². The van der Waals surface area contributed by atoms with Crippen LogP contribution >= 0.6 is 0 Å². The largest absolute Gasteiger partial charge is 0.465 e. The molecule has 1 rings (SSSR count). The molecule has 94 valence electrons. The van der Waals surface area contributed by atoms with Gasteiger partial charge in [0.1, 0.15) is 0 Å². The van der Waals surface area contributed by atoms with E-state index in [1.807, 2.05) is 0 Å². The molecule has 0 unspecified atom stereocenters. The lowest BCUT2D eigenvalue weighted by Crippen LogP contribution is -2.39. The molecule has 0 aromatic heterocycles. The highest BCUT2D eigenvalue weighted by Crippen LogP contribution is 2.23. The number of carbonyl (C=O) groups is 1. The molecule has 7 heteroatoms. The topological polar surface area (TPSA) is 95.5 Å². The Hall–Kier alpha value is -0.820. The van der Waals surface area contributed by atoms with E-state index >= 15 is 0 Å². The second-order valence-electron chi connectivity index (χ2n) is 4.29. The molecule has 0 aliphatic heterocycles. The molecular weight excluding hydrogens is 232 g/mol. The molecule has 0 spiro atoms. The third kappa shape index (κ3) is 5.32. The lowest BCUT2D eigenvalue weighted by Gasteiger charge is -2.28. The van der Waals surface area contributed by atoms with Crippen LogP contribution in [0.3, 0.4) is 0 Å². The zero-order valence-corrected chi connectivity index (χ0v) is 10.1. The van der Waals surface area contributed by atoms with Crippen LogP contribution in [0.4, 0.5) is 4.79 Å². The van der Waals surface area contributed by atoms with Gasteiger partial charge in [0.25, 0.3) is 0 Å². The average molecular weight is 250 g/mol. The van der Waals surface area contributed by atoms with Gasteiger partial charge in [0.2, 0.25) is 10.0 Å². The van der Waals surface area contributed by atoms with Crippen molar-refractivity contribution in [2.75, 3.05) is 12.8 Å². The quantitative estimate of drug-likeness (QED) is 0.671. The number of carboxylic acid groups (broad SMARTS) is 1. The molecule has 1 aliphatic carbocycles. The molecule has 3 N–H and O–H groups in total. The standard InChI is InChI=1S/C9H18N2O4S/c1-16(14,15)11-8-4-2-7(3-5-8)6-10-9(12)13/h7-8,10-11H,2-6H2,1H3,(H,12,13)/t7-,8-. The van der Waals surface area contributed by atoms with Gasteiger partial charge in [0, 0.05) is 12.6 Å². The highest BCUT2D eigenvalue weighted by molar-refractivity contribution is 7.88. The number of nitrogens with one attached hydrogen (secondary N) is 2. The number of amides is 1. The first-order chi connectivity index (χ1) is 7.37. The Morgan fingerprint density at radius 1 is 1.31 bits per heavy atom. The Labute approximate surface area is 95.5 Å².